The fourth-order valence-corrected chi connectivity index (χ4v) is 11.2. The van der Waals surface area contributed by atoms with E-state index in [0.29, 0.717) is 25.9 Å². The van der Waals surface area contributed by atoms with Crippen LogP contribution >= 0.6 is 0 Å². The van der Waals surface area contributed by atoms with Crippen LogP contribution in [-0.2, 0) is 14.3 Å². The summed E-state index contributed by atoms with van der Waals surface area (Å²) in [5.41, 5.74) is 0. The summed E-state index contributed by atoms with van der Waals surface area (Å²) in [4.78, 5) is 24.6. The number of hydrogen-bond acceptors (Lipinski definition) is 5. The van der Waals surface area contributed by atoms with Gasteiger partial charge >= 0.3 is 5.97 Å². The van der Waals surface area contributed by atoms with Crippen molar-refractivity contribution in [3.8, 4) is 0 Å². The highest BCUT2D eigenvalue weighted by atomic mass is 16.5. The van der Waals surface area contributed by atoms with Crippen LogP contribution in [0.2, 0.25) is 0 Å². The molecule has 0 heterocycles. The molecule has 0 aromatic heterocycles. The molecule has 0 bridgehead atoms. The van der Waals surface area contributed by atoms with Crippen LogP contribution in [0.5, 0.6) is 0 Å². The van der Waals surface area contributed by atoms with Gasteiger partial charge in [0.2, 0.25) is 5.91 Å². The Hall–Kier alpha value is -1.14. The molecule has 0 saturated carbocycles. The van der Waals surface area contributed by atoms with Gasteiger partial charge in [0.25, 0.3) is 0 Å². The first-order valence-electron chi connectivity index (χ1n) is 34.3. The molecule has 6 heteroatoms. The Kier molecular flexibility index (Phi) is 63.4. The molecule has 1 amide bonds. The zero-order valence-corrected chi connectivity index (χ0v) is 50.6. The van der Waals surface area contributed by atoms with E-state index in [1.54, 1.807) is 0 Å². The third-order valence-electron chi connectivity index (χ3n) is 16.4. The van der Waals surface area contributed by atoms with Gasteiger partial charge in [-0.25, -0.2) is 0 Å². The monoisotopic (exact) mass is 1050 g/mol. The number of carbonyl (C=O) groups excluding carboxylic acids is 2. The third kappa shape index (κ3) is 60.1. The number of nitrogens with one attached hydrogen (secondary N) is 1. The molecule has 2 atom stereocenters. The largest absolute Gasteiger partial charge is 0.466 e. The Morgan fingerprint density at radius 1 is 0.324 bits per heavy atom. The second kappa shape index (κ2) is 64.4. The van der Waals surface area contributed by atoms with Crippen LogP contribution in [0.4, 0.5) is 0 Å². The summed E-state index contributed by atoms with van der Waals surface area (Å²) in [6.07, 6.45) is 77.1. The van der Waals surface area contributed by atoms with Crippen molar-refractivity contribution in [2.24, 2.45) is 0 Å². The zero-order valence-electron chi connectivity index (χ0n) is 50.6. The Labute approximate surface area is 464 Å². The van der Waals surface area contributed by atoms with Crippen LogP contribution in [0.3, 0.4) is 0 Å². The molecule has 0 aromatic carbocycles. The van der Waals surface area contributed by atoms with Crippen LogP contribution in [0.25, 0.3) is 0 Å². The number of amides is 1. The molecule has 0 spiro atoms. The van der Waals surface area contributed by atoms with E-state index >= 15 is 0 Å². The Bertz CT molecular complexity index is 1070. The Morgan fingerprint density at radius 3 is 0.824 bits per heavy atom. The summed E-state index contributed by atoms with van der Waals surface area (Å²) in [6.45, 7) is 5.00. The number of aliphatic hydroxyl groups is 2. The number of ether oxygens (including phenoxy) is 1. The van der Waals surface area contributed by atoms with E-state index in [9.17, 15) is 19.8 Å². The first kappa shape index (κ1) is 72.9. The van der Waals surface area contributed by atoms with Crippen LogP contribution in [0.1, 0.15) is 399 Å². The van der Waals surface area contributed by atoms with Crippen LogP contribution in [-0.4, -0.2) is 47.4 Å². The zero-order chi connectivity index (χ0) is 53.6. The lowest BCUT2D eigenvalue weighted by molar-refractivity contribution is -0.143. The van der Waals surface area contributed by atoms with Crippen LogP contribution < -0.4 is 5.32 Å². The van der Waals surface area contributed by atoms with E-state index in [1.165, 1.54) is 327 Å². The molecule has 2 unspecified atom stereocenters. The number of esters is 1. The van der Waals surface area contributed by atoms with Gasteiger partial charge in [-0.1, -0.05) is 361 Å². The highest BCUT2D eigenvalue weighted by Crippen LogP contribution is 2.19. The predicted octanol–water partition coefficient (Wildman–Crippen LogP) is 21.8. The average molecular weight is 1050 g/mol. The molecule has 0 fully saturated rings. The van der Waals surface area contributed by atoms with Gasteiger partial charge in [-0.3, -0.25) is 9.59 Å². The predicted molar refractivity (Wildman–Crippen MR) is 324 cm³/mol. The van der Waals surface area contributed by atoms with E-state index < -0.39 is 12.1 Å². The Balaban J connectivity index is 3.35. The van der Waals surface area contributed by atoms with Gasteiger partial charge in [-0.05, 0) is 25.7 Å². The summed E-state index contributed by atoms with van der Waals surface area (Å²) < 4.78 is 5.49. The second-order valence-corrected chi connectivity index (χ2v) is 23.9. The lowest BCUT2D eigenvalue weighted by Crippen LogP contribution is -2.45. The van der Waals surface area contributed by atoms with Crippen molar-refractivity contribution >= 4 is 11.9 Å². The Morgan fingerprint density at radius 2 is 0.554 bits per heavy atom. The minimum atomic E-state index is -0.663. The first-order valence-corrected chi connectivity index (χ1v) is 34.3. The SMILES string of the molecule is CCCCCCCCCCCCCCCCCCCCCC(O)C(CO)NC(=O)CCCCCCCCCCCCCCCCCCCCCCCCCCOC(=O)CCCCCCCCCCCCCCCC. The van der Waals surface area contributed by atoms with Crippen molar-refractivity contribution in [3.63, 3.8) is 0 Å². The molecule has 0 aliphatic carbocycles. The van der Waals surface area contributed by atoms with Gasteiger partial charge in [-0.15, -0.1) is 0 Å². The van der Waals surface area contributed by atoms with Gasteiger partial charge in [0, 0.05) is 12.8 Å². The van der Waals surface area contributed by atoms with Gasteiger partial charge < -0.3 is 20.3 Å². The van der Waals surface area contributed by atoms with Gasteiger partial charge in [0.1, 0.15) is 0 Å². The van der Waals surface area contributed by atoms with E-state index in [2.05, 4.69) is 19.2 Å². The minimum absolute atomic E-state index is 0.0191. The molecule has 0 aromatic rings. The normalized spacial score (nSPS) is 12.4. The number of rotatable bonds is 65. The molecule has 3 N–H and O–H groups in total. The van der Waals surface area contributed by atoms with Crippen molar-refractivity contribution in [1.82, 2.24) is 5.32 Å². The summed E-state index contributed by atoms with van der Waals surface area (Å²) in [5.74, 6) is -0.00985. The van der Waals surface area contributed by atoms with Crippen LogP contribution in [0, 0.1) is 0 Å². The molecule has 6 nitrogen and oxygen atoms in total. The van der Waals surface area contributed by atoms with Crippen LogP contribution in [0.15, 0.2) is 0 Å². The summed E-state index contributed by atoms with van der Waals surface area (Å²) in [6, 6.07) is -0.540. The number of unbranched alkanes of at least 4 members (excludes halogenated alkanes) is 54. The number of aliphatic hydroxyl groups excluding tert-OH is 2. The number of carbonyl (C=O) groups is 2. The summed E-state index contributed by atoms with van der Waals surface area (Å²) in [5, 5.41) is 23.4. The molecule has 442 valence electrons. The van der Waals surface area contributed by atoms with Crippen molar-refractivity contribution in [3.05, 3.63) is 0 Å². The van der Waals surface area contributed by atoms with E-state index in [4.69, 9.17) is 4.74 Å². The molecular formula is C68H135NO5. The van der Waals surface area contributed by atoms with Crippen molar-refractivity contribution in [2.75, 3.05) is 13.2 Å². The maximum Gasteiger partial charge on any atom is 0.305 e. The van der Waals surface area contributed by atoms with E-state index in [1.807, 2.05) is 0 Å². The molecular weight excluding hydrogens is 911 g/mol. The van der Waals surface area contributed by atoms with Gasteiger partial charge in [0.15, 0.2) is 0 Å². The topological polar surface area (TPSA) is 95.9 Å². The average Bonchev–Trinajstić information content (AvgIpc) is 3.40. The fourth-order valence-electron chi connectivity index (χ4n) is 11.2. The molecule has 74 heavy (non-hydrogen) atoms. The third-order valence-corrected chi connectivity index (χ3v) is 16.4. The minimum Gasteiger partial charge on any atom is -0.466 e. The first-order chi connectivity index (χ1) is 36.5. The van der Waals surface area contributed by atoms with E-state index in [-0.39, 0.29) is 18.5 Å². The number of hydrogen-bond donors (Lipinski definition) is 3. The smallest absolute Gasteiger partial charge is 0.305 e. The molecule has 0 aliphatic heterocycles. The second-order valence-electron chi connectivity index (χ2n) is 23.9. The quantitative estimate of drug-likeness (QED) is 0.0417. The maximum atomic E-state index is 12.5. The van der Waals surface area contributed by atoms with Crippen molar-refractivity contribution < 1.29 is 24.5 Å². The summed E-state index contributed by atoms with van der Waals surface area (Å²) in [7, 11) is 0. The van der Waals surface area contributed by atoms with Gasteiger partial charge in [-0.2, -0.15) is 0 Å². The molecule has 0 saturated heterocycles. The molecule has 0 aliphatic rings. The highest BCUT2D eigenvalue weighted by molar-refractivity contribution is 5.76. The lowest BCUT2D eigenvalue weighted by Gasteiger charge is -2.22. The summed E-state index contributed by atoms with van der Waals surface area (Å²) >= 11 is 0. The molecule has 0 radical (unpaired) electrons. The van der Waals surface area contributed by atoms with Crippen molar-refractivity contribution in [1.29, 1.82) is 0 Å². The fraction of sp³-hybridized carbons (Fsp3) is 0.971. The standard InChI is InChI=1S/C68H135NO5/c1-3-5-7-9-11-13-15-17-19-20-27-30-33-36-40-44-48-52-56-60-66(71)65(64-70)69-67(72)61-57-53-49-45-41-37-34-31-28-25-23-21-22-24-26-29-32-35-39-43-47-51-55-59-63-74-68(73)62-58-54-50-46-42-38-18-16-14-12-10-8-6-4-2/h65-66,70-71H,3-64H2,1-2H3,(H,69,72). The van der Waals surface area contributed by atoms with Crippen molar-refractivity contribution in [2.45, 2.75) is 411 Å². The highest BCUT2D eigenvalue weighted by Gasteiger charge is 2.20. The van der Waals surface area contributed by atoms with E-state index in [0.717, 1.165) is 38.5 Å². The lowest BCUT2D eigenvalue weighted by atomic mass is 10.0. The molecule has 0 rings (SSSR count). The maximum absolute atomic E-state index is 12.5. The van der Waals surface area contributed by atoms with Gasteiger partial charge in [0.05, 0.1) is 25.4 Å².